The van der Waals surface area contributed by atoms with E-state index in [2.05, 4.69) is 21.1 Å². The molecular formula is C22H26N4O6. The van der Waals surface area contributed by atoms with Gasteiger partial charge < -0.3 is 18.9 Å². The Morgan fingerprint density at radius 2 is 0.969 bits per heavy atom. The Bertz CT molecular complexity index is 965. The van der Waals surface area contributed by atoms with Gasteiger partial charge in [-0.25, -0.2) is 10.9 Å². The molecule has 0 fully saturated rings. The van der Waals surface area contributed by atoms with Crippen LogP contribution in [0.5, 0.6) is 23.0 Å². The molecule has 10 heteroatoms. The molecule has 0 aliphatic heterocycles. The summed E-state index contributed by atoms with van der Waals surface area (Å²) in [6, 6.07) is 10.4. The topological polar surface area (TPSA) is 120 Å². The maximum atomic E-state index is 12.1. The fourth-order valence-corrected chi connectivity index (χ4v) is 2.62. The van der Waals surface area contributed by atoms with Gasteiger partial charge in [0.15, 0.2) is 23.0 Å². The monoisotopic (exact) mass is 442 g/mol. The molecule has 0 radical (unpaired) electrons. The lowest BCUT2D eigenvalue weighted by molar-refractivity contribution is -0.139. The number of methoxy groups -OCH3 is 4. The van der Waals surface area contributed by atoms with Crippen LogP contribution in [0.15, 0.2) is 46.6 Å². The summed E-state index contributed by atoms with van der Waals surface area (Å²) < 4.78 is 20.9. The summed E-state index contributed by atoms with van der Waals surface area (Å²) in [5.74, 6) is 0.236. The predicted octanol–water partition coefficient (Wildman–Crippen LogP) is 2.10. The van der Waals surface area contributed by atoms with Crippen molar-refractivity contribution in [2.75, 3.05) is 28.4 Å². The van der Waals surface area contributed by atoms with Crippen molar-refractivity contribution in [1.82, 2.24) is 10.9 Å². The molecule has 0 aliphatic rings. The third-order valence-electron chi connectivity index (χ3n) is 4.46. The van der Waals surface area contributed by atoms with E-state index in [4.69, 9.17) is 18.9 Å². The average Bonchev–Trinajstić information content (AvgIpc) is 2.84. The molecule has 2 amide bonds. The number of rotatable bonds is 8. The molecule has 0 aromatic heterocycles. The minimum atomic E-state index is -0.964. The summed E-state index contributed by atoms with van der Waals surface area (Å²) in [5, 5.41) is 7.91. The van der Waals surface area contributed by atoms with E-state index in [1.54, 1.807) is 50.2 Å². The lowest BCUT2D eigenvalue weighted by Crippen LogP contribution is -2.36. The predicted molar refractivity (Wildman–Crippen MR) is 120 cm³/mol. The lowest BCUT2D eigenvalue weighted by Gasteiger charge is -2.10. The normalized spacial score (nSPS) is 11.4. The van der Waals surface area contributed by atoms with E-state index in [1.807, 2.05) is 0 Å². The van der Waals surface area contributed by atoms with Crippen LogP contribution in [-0.2, 0) is 9.59 Å². The van der Waals surface area contributed by atoms with Gasteiger partial charge >= 0.3 is 11.8 Å². The highest BCUT2D eigenvalue weighted by Gasteiger charge is 2.14. The number of ether oxygens (including phenoxy) is 4. The number of hydrogen-bond donors (Lipinski definition) is 2. The van der Waals surface area contributed by atoms with E-state index in [-0.39, 0.29) is 0 Å². The van der Waals surface area contributed by atoms with Crippen LogP contribution in [0.25, 0.3) is 0 Å². The van der Waals surface area contributed by atoms with Gasteiger partial charge in [-0.2, -0.15) is 10.2 Å². The van der Waals surface area contributed by atoms with Crippen LogP contribution in [-0.4, -0.2) is 51.7 Å². The van der Waals surface area contributed by atoms with Crippen molar-refractivity contribution in [1.29, 1.82) is 0 Å². The molecule has 2 aromatic rings. The molecule has 2 rings (SSSR count). The summed E-state index contributed by atoms with van der Waals surface area (Å²) >= 11 is 0. The van der Waals surface area contributed by atoms with Crippen molar-refractivity contribution in [2.24, 2.45) is 10.2 Å². The van der Waals surface area contributed by atoms with Gasteiger partial charge in [-0.3, -0.25) is 9.59 Å². The number of carbonyl (C=O) groups excluding carboxylic acids is 2. The molecular weight excluding hydrogens is 416 g/mol. The first-order valence-corrected chi connectivity index (χ1v) is 9.48. The Morgan fingerprint density at radius 1 is 0.625 bits per heavy atom. The Balaban J connectivity index is 2.03. The van der Waals surface area contributed by atoms with Gasteiger partial charge in [-0.15, -0.1) is 0 Å². The van der Waals surface area contributed by atoms with Crippen LogP contribution < -0.4 is 29.8 Å². The van der Waals surface area contributed by atoms with Gasteiger partial charge in [0.25, 0.3) is 0 Å². The van der Waals surface area contributed by atoms with Crippen LogP contribution in [0, 0.1) is 0 Å². The maximum Gasteiger partial charge on any atom is 0.331 e. The second kappa shape index (κ2) is 11.3. The van der Waals surface area contributed by atoms with Crippen LogP contribution in [0.2, 0.25) is 0 Å². The standard InChI is InChI=1S/C22H26N4O6/c1-13(15-7-9-17(29-3)19(11-15)31-5)23-25-21(27)22(28)26-24-14(2)16-8-10-18(30-4)20(12-16)32-6/h7-12H,1-6H3,(H,25,27)(H,26,28)/b23-13+,24-14+. The molecule has 0 unspecified atom stereocenters. The second-order valence-corrected chi connectivity index (χ2v) is 6.42. The van der Waals surface area contributed by atoms with Crippen LogP contribution in [0.3, 0.4) is 0 Å². The molecule has 32 heavy (non-hydrogen) atoms. The van der Waals surface area contributed by atoms with E-state index in [9.17, 15) is 9.59 Å². The number of carbonyl (C=O) groups is 2. The zero-order valence-corrected chi connectivity index (χ0v) is 18.8. The number of benzene rings is 2. The van der Waals surface area contributed by atoms with Crippen molar-refractivity contribution in [2.45, 2.75) is 13.8 Å². The molecule has 2 aromatic carbocycles. The SMILES string of the molecule is COc1ccc(/C(C)=N/NC(=O)C(=O)N/N=C(\C)c2ccc(OC)c(OC)c2)cc1OC. The molecule has 0 saturated heterocycles. The molecule has 0 spiro atoms. The highest BCUT2D eigenvalue weighted by molar-refractivity contribution is 6.35. The Morgan fingerprint density at radius 3 is 1.28 bits per heavy atom. The van der Waals surface area contributed by atoms with Crippen LogP contribution in [0.1, 0.15) is 25.0 Å². The van der Waals surface area contributed by atoms with Crippen molar-refractivity contribution in [3.05, 3.63) is 47.5 Å². The smallest absolute Gasteiger partial charge is 0.331 e. The maximum absolute atomic E-state index is 12.1. The summed E-state index contributed by atoms with van der Waals surface area (Å²) in [4.78, 5) is 24.1. The first-order valence-electron chi connectivity index (χ1n) is 9.48. The zero-order valence-electron chi connectivity index (χ0n) is 18.8. The Kier molecular flexibility index (Phi) is 8.58. The fourth-order valence-electron chi connectivity index (χ4n) is 2.62. The van der Waals surface area contributed by atoms with Crippen molar-refractivity contribution < 1.29 is 28.5 Å². The molecule has 170 valence electrons. The molecule has 0 heterocycles. The Hall–Kier alpha value is -4.08. The first kappa shape index (κ1) is 24.2. The fraction of sp³-hybridized carbons (Fsp3) is 0.273. The highest BCUT2D eigenvalue weighted by Crippen LogP contribution is 2.28. The van der Waals surface area contributed by atoms with Crippen molar-refractivity contribution in [3.63, 3.8) is 0 Å². The van der Waals surface area contributed by atoms with Gasteiger partial charge in [0.05, 0.1) is 39.9 Å². The van der Waals surface area contributed by atoms with Gasteiger partial charge in [-0.1, -0.05) is 0 Å². The van der Waals surface area contributed by atoms with Gasteiger partial charge in [0.2, 0.25) is 0 Å². The van der Waals surface area contributed by atoms with Crippen molar-refractivity contribution >= 4 is 23.2 Å². The largest absolute Gasteiger partial charge is 0.493 e. The number of hydrazone groups is 2. The van der Waals surface area contributed by atoms with Gasteiger partial charge in [0.1, 0.15) is 0 Å². The highest BCUT2D eigenvalue weighted by atomic mass is 16.5. The minimum Gasteiger partial charge on any atom is -0.493 e. The Labute approximate surface area is 186 Å². The van der Waals surface area contributed by atoms with E-state index < -0.39 is 11.8 Å². The number of amides is 2. The summed E-state index contributed by atoms with van der Waals surface area (Å²) in [6.07, 6.45) is 0. The van der Waals surface area contributed by atoms with Crippen molar-refractivity contribution in [3.8, 4) is 23.0 Å². The number of nitrogens with one attached hydrogen (secondary N) is 2. The average molecular weight is 442 g/mol. The number of nitrogens with zero attached hydrogens (tertiary/aromatic N) is 2. The van der Waals surface area contributed by atoms with E-state index in [1.165, 1.54) is 28.4 Å². The minimum absolute atomic E-state index is 0.470. The van der Waals surface area contributed by atoms with Crippen LogP contribution in [0.4, 0.5) is 0 Å². The summed E-state index contributed by atoms with van der Waals surface area (Å²) in [5.41, 5.74) is 6.72. The first-order chi connectivity index (χ1) is 15.3. The third-order valence-corrected chi connectivity index (χ3v) is 4.46. The van der Waals surface area contributed by atoms with E-state index in [0.717, 1.165) is 0 Å². The molecule has 0 bridgehead atoms. The molecule has 0 atom stereocenters. The summed E-state index contributed by atoms with van der Waals surface area (Å²) in [6.45, 7) is 3.36. The van der Waals surface area contributed by atoms with Gasteiger partial charge in [-0.05, 0) is 50.2 Å². The third kappa shape index (κ3) is 5.97. The molecule has 2 N–H and O–H groups in total. The summed E-state index contributed by atoms with van der Waals surface area (Å²) in [7, 11) is 6.11. The number of hydrogen-bond acceptors (Lipinski definition) is 8. The van der Waals surface area contributed by atoms with Gasteiger partial charge in [0, 0.05) is 11.1 Å². The zero-order chi connectivity index (χ0) is 23.7. The lowest BCUT2D eigenvalue weighted by atomic mass is 10.1. The molecule has 0 aliphatic carbocycles. The van der Waals surface area contributed by atoms with Crippen LogP contribution >= 0.6 is 0 Å². The second-order valence-electron chi connectivity index (χ2n) is 6.42. The van der Waals surface area contributed by atoms with E-state index in [0.29, 0.717) is 45.5 Å². The quantitative estimate of drug-likeness (QED) is 0.367. The van der Waals surface area contributed by atoms with E-state index >= 15 is 0 Å². The molecule has 10 nitrogen and oxygen atoms in total. The molecule has 0 saturated carbocycles.